The average molecular weight is 621 g/mol. The van der Waals surface area contributed by atoms with E-state index >= 15 is 4.39 Å². The number of fused-ring (bicyclic) bond motifs is 2. The number of benzene rings is 2. The van der Waals surface area contributed by atoms with E-state index in [0.717, 1.165) is 19.4 Å². The van der Waals surface area contributed by atoms with Gasteiger partial charge in [-0.15, -0.1) is 0 Å². The fraction of sp³-hybridized carbons (Fsp3) is 0.576. The maximum atomic E-state index is 15.5. The number of nitrogens with two attached hydrogens (primary N) is 1. The van der Waals surface area contributed by atoms with Crippen LogP contribution in [0.3, 0.4) is 0 Å². The van der Waals surface area contributed by atoms with Crippen LogP contribution in [0.5, 0.6) is 11.5 Å². The molecule has 6 rings (SSSR count). The molecule has 44 heavy (non-hydrogen) atoms. The molecule has 3 aliphatic heterocycles. The number of aliphatic carboxylic acids is 1. The van der Waals surface area contributed by atoms with Gasteiger partial charge in [0.2, 0.25) is 5.91 Å². The van der Waals surface area contributed by atoms with Crippen molar-refractivity contribution in [1.29, 1.82) is 0 Å². The molecule has 1 saturated carbocycles. The van der Waals surface area contributed by atoms with Gasteiger partial charge in [-0.3, -0.25) is 4.79 Å². The van der Waals surface area contributed by atoms with Crippen LogP contribution in [0, 0.1) is 17.7 Å². The number of carbonyl (C=O) groups is 2. The normalized spacial score (nSPS) is 27.1. The number of piperidine rings is 1. The summed E-state index contributed by atoms with van der Waals surface area (Å²) in [7, 11) is 1.59. The number of hydrogen-bond acceptors (Lipinski definition) is 5. The minimum atomic E-state index is -5.19. The molecule has 1 spiro atoms. The van der Waals surface area contributed by atoms with Crippen LogP contribution in [0.2, 0.25) is 0 Å². The summed E-state index contributed by atoms with van der Waals surface area (Å²) >= 11 is 0. The van der Waals surface area contributed by atoms with Gasteiger partial charge in [0.25, 0.3) is 0 Å². The Balaban J connectivity index is 0.000000493. The highest BCUT2D eigenvalue weighted by Crippen LogP contribution is 2.50. The zero-order valence-corrected chi connectivity index (χ0v) is 24.9. The first-order chi connectivity index (χ1) is 21.1. The van der Waals surface area contributed by atoms with Gasteiger partial charge in [0.1, 0.15) is 17.7 Å². The summed E-state index contributed by atoms with van der Waals surface area (Å²) in [5.41, 5.74) is 1.39. The summed E-state index contributed by atoms with van der Waals surface area (Å²) in [4.78, 5) is 25.6. The quantitative estimate of drug-likeness (QED) is 0.527. The van der Waals surface area contributed by atoms with Crippen molar-refractivity contribution in [3.63, 3.8) is 0 Å². The third kappa shape index (κ3) is 6.39. The molecule has 4 atom stereocenters. The van der Waals surface area contributed by atoms with E-state index in [1.54, 1.807) is 13.2 Å². The molecule has 2 aromatic carbocycles. The van der Waals surface area contributed by atoms with Crippen molar-refractivity contribution in [1.82, 2.24) is 4.90 Å². The highest BCUT2D eigenvalue weighted by atomic mass is 19.4. The molecule has 11 heteroatoms. The first-order valence-corrected chi connectivity index (χ1v) is 15.5. The Kier molecular flexibility index (Phi) is 9.72. The molecular weight excluding hydrogens is 580 g/mol. The molecular formula is C33H40F4N2O5. The number of carbonyl (C=O) groups excluding carboxylic acids is 2. The van der Waals surface area contributed by atoms with Crippen LogP contribution in [0.15, 0.2) is 42.5 Å². The van der Waals surface area contributed by atoms with Crippen LogP contribution in [0.4, 0.5) is 17.6 Å². The molecule has 240 valence electrons. The largest absolute Gasteiger partial charge is 0.542 e. The van der Waals surface area contributed by atoms with E-state index in [1.165, 1.54) is 43.7 Å². The van der Waals surface area contributed by atoms with Gasteiger partial charge < -0.3 is 29.6 Å². The first-order valence-electron chi connectivity index (χ1n) is 15.5. The number of quaternary nitrogens is 1. The molecule has 7 nitrogen and oxygen atoms in total. The Morgan fingerprint density at radius 3 is 2.43 bits per heavy atom. The van der Waals surface area contributed by atoms with E-state index in [0.29, 0.717) is 55.0 Å². The summed E-state index contributed by atoms with van der Waals surface area (Å²) in [5.74, 6) is -1.22. The second-order valence-corrected chi connectivity index (χ2v) is 12.4. The van der Waals surface area contributed by atoms with E-state index in [-0.39, 0.29) is 23.7 Å². The molecule has 1 amide bonds. The number of likely N-dealkylation sites (tertiary alicyclic amines) is 1. The van der Waals surface area contributed by atoms with Crippen LogP contribution < -0.4 is 19.9 Å². The smallest absolute Gasteiger partial charge is 0.430 e. The lowest BCUT2D eigenvalue weighted by Crippen LogP contribution is -2.82. The SMILES string of the molecule is COc1ccc(F)c2c1OCC[C@]21C[NH2+]C[C@H]1C(=O)N1CC[C@@H](c2ccccc2)C[C@H]1C1CCCCC1.O=C([O-])C(F)(F)F. The van der Waals surface area contributed by atoms with Gasteiger partial charge in [-0.2, -0.15) is 13.2 Å². The number of ether oxygens (including phenoxy) is 2. The van der Waals surface area contributed by atoms with Gasteiger partial charge in [-0.05, 0) is 61.6 Å². The summed E-state index contributed by atoms with van der Waals surface area (Å²) < 4.78 is 58.5. The zero-order valence-electron chi connectivity index (χ0n) is 24.9. The molecule has 4 aliphatic rings. The van der Waals surface area contributed by atoms with Gasteiger partial charge in [0, 0.05) is 18.2 Å². The van der Waals surface area contributed by atoms with Crippen molar-refractivity contribution >= 4 is 11.9 Å². The Hall–Kier alpha value is -3.34. The number of nitrogens with zero attached hydrogens (tertiary/aromatic N) is 1. The van der Waals surface area contributed by atoms with Crippen molar-refractivity contribution in [2.24, 2.45) is 11.8 Å². The zero-order chi connectivity index (χ0) is 31.5. The third-order valence-electron chi connectivity index (χ3n) is 10.1. The van der Waals surface area contributed by atoms with Gasteiger partial charge >= 0.3 is 6.18 Å². The van der Waals surface area contributed by atoms with Crippen LogP contribution in [0.25, 0.3) is 0 Å². The van der Waals surface area contributed by atoms with Gasteiger partial charge in [0.05, 0.1) is 32.2 Å². The number of alkyl halides is 3. The van der Waals surface area contributed by atoms with Crippen molar-refractivity contribution in [2.45, 2.75) is 74.9 Å². The fourth-order valence-electron chi connectivity index (χ4n) is 8.00. The van der Waals surface area contributed by atoms with Crippen LogP contribution in [-0.2, 0) is 15.0 Å². The number of carboxylic acid groups (broad SMARTS) is 1. The Labute approximate surface area is 254 Å². The van der Waals surface area contributed by atoms with Crippen molar-refractivity contribution in [2.75, 3.05) is 33.4 Å². The maximum Gasteiger partial charge on any atom is 0.430 e. The van der Waals surface area contributed by atoms with Gasteiger partial charge in [-0.1, -0.05) is 49.6 Å². The maximum absolute atomic E-state index is 15.5. The highest BCUT2D eigenvalue weighted by molar-refractivity contribution is 5.82. The van der Waals surface area contributed by atoms with Crippen molar-refractivity contribution in [3.8, 4) is 11.5 Å². The molecule has 0 radical (unpaired) electrons. The topological polar surface area (TPSA) is 95.5 Å². The lowest BCUT2D eigenvalue weighted by molar-refractivity contribution is -0.640. The Morgan fingerprint density at radius 2 is 1.77 bits per heavy atom. The van der Waals surface area contributed by atoms with Crippen molar-refractivity contribution < 1.29 is 47.0 Å². The molecule has 3 heterocycles. The molecule has 0 aromatic heterocycles. The number of amides is 1. The van der Waals surface area contributed by atoms with E-state index < -0.39 is 17.6 Å². The first kappa shape index (κ1) is 32.1. The van der Waals surface area contributed by atoms with Gasteiger partial charge in [-0.25, -0.2) is 4.39 Å². The Morgan fingerprint density at radius 1 is 1.07 bits per heavy atom. The minimum Gasteiger partial charge on any atom is -0.542 e. The molecule has 1 aliphatic carbocycles. The van der Waals surface area contributed by atoms with E-state index in [1.807, 2.05) is 0 Å². The van der Waals surface area contributed by atoms with Crippen LogP contribution >= 0.6 is 0 Å². The van der Waals surface area contributed by atoms with Crippen molar-refractivity contribution in [3.05, 3.63) is 59.4 Å². The molecule has 2 aromatic rings. The summed E-state index contributed by atoms with van der Waals surface area (Å²) in [6.07, 6.45) is 3.73. The predicted octanol–water partition coefficient (Wildman–Crippen LogP) is 3.70. The number of halogens is 4. The second kappa shape index (κ2) is 13.3. The fourth-order valence-corrected chi connectivity index (χ4v) is 8.00. The number of hydrogen-bond donors (Lipinski definition) is 1. The highest BCUT2D eigenvalue weighted by Gasteiger charge is 2.57. The van der Waals surface area contributed by atoms with Gasteiger partial charge in [0.15, 0.2) is 11.5 Å². The standard InChI is InChI=1S/C31H39FN2O3.C2HF3O2/c1-36-27-13-12-25(32)28-29(27)37-17-15-31(28)20-33-19-24(31)30(35)34-16-14-23(21-8-4-2-5-9-21)18-26(34)22-10-6-3-7-11-22;3-2(4,5)1(6)7/h2,4-5,8-9,12-13,22-24,26,33H,3,6-7,10-11,14-20H2,1H3;(H,6,7)/t23-,24+,26+,31-;/m1./s1. The molecule has 3 fully saturated rings. The lowest BCUT2D eigenvalue weighted by Gasteiger charge is -2.47. The molecule has 2 N–H and O–H groups in total. The number of rotatable bonds is 4. The second-order valence-electron chi connectivity index (χ2n) is 12.4. The minimum absolute atomic E-state index is 0.228. The van der Waals surface area contributed by atoms with Crippen LogP contribution in [-0.4, -0.2) is 62.3 Å². The summed E-state index contributed by atoms with van der Waals surface area (Å²) in [6.45, 7) is 2.67. The average Bonchev–Trinajstić information content (AvgIpc) is 3.44. The van der Waals surface area contributed by atoms with E-state index in [9.17, 15) is 18.0 Å². The van der Waals surface area contributed by atoms with E-state index in [4.69, 9.17) is 19.4 Å². The molecule has 2 saturated heterocycles. The Bertz CT molecular complexity index is 1320. The third-order valence-corrected chi connectivity index (χ3v) is 10.1. The summed E-state index contributed by atoms with van der Waals surface area (Å²) in [6, 6.07) is 14.2. The monoisotopic (exact) mass is 620 g/mol. The predicted molar refractivity (Wildman–Crippen MR) is 151 cm³/mol. The van der Waals surface area contributed by atoms with E-state index in [2.05, 4.69) is 40.5 Å². The number of carboxylic acids is 1. The molecule has 0 bridgehead atoms. The summed E-state index contributed by atoms with van der Waals surface area (Å²) in [5, 5.41) is 11.0. The van der Waals surface area contributed by atoms with Crippen LogP contribution in [0.1, 0.15) is 68.4 Å². The number of methoxy groups -OCH3 is 1. The molecule has 0 unspecified atom stereocenters. The lowest BCUT2D eigenvalue weighted by atomic mass is 9.67.